The van der Waals surface area contributed by atoms with Crippen molar-refractivity contribution in [3.63, 3.8) is 0 Å². The molecule has 13 nitrogen and oxygen atoms in total. The highest BCUT2D eigenvalue weighted by atomic mass is 16.6. The molecule has 0 radical (unpaired) electrons. The van der Waals surface area contributed by atoms with E-state index in [-0.39, 0.29) is 11.5 Å². The summed E-state index contributed by atoms with van der Waals surface area (Å²) in [4.78, 5) is 35.3. The minimum atomic E-state index is -0.497. The molecule has 4 saturated heterocycles. The van der Waals surface area contributed by atoms with Crippen molar-refractivity contribution in [2.24, 2.45) is 5.41 Å². The van der Waals surface area contributed by atoms with E-state index in [1.54, 1.807) is 13.3 Å². The van der Waals surface area contributed by atoms with Crippen molar-refractivity contribution in [1.29, 1.82) is 5.26 Å². The number of likely N-dealkylation sites (tertiary alicyclic amines) is 1. The van der Waals surface area contributed by atoms with E-state index in [0.717, 1.165) is 82.3 Å². The summed E-state index contributed by atoms with van der Waals surface area (Å²) in [6.07, 6.45) is 3.32. The fraction of sp³-hybridized carbons (Fsp3) is 0.528. The lowest BCUT2D eigenvalue weighted by Crippen LogP contribution is -2.61. The van der Waals surface area contributed by atoms with Crippen LogP contribution in [0.1, 0.15) is 39.2 Å². The van der Waals surface area contributed by atoms with Crippen molar-refractivity contribution in [3.8, 4) is 23.2 Å². The Morgan fingerprint density at radius 3 is 2.37 bits per heavy atom. The van der Waals surface area contributed by atoms with Gasteiger partial charge in [-0.25, -0.2) is 14.8 Å². The van der Waals surface area contributed by atoms with Crippen LogP contribution in [0, 0.1) is 16.7 Å². The lowest BCUT2D eigenvalue weighted by Gasteiger charge is -2.55. The molecule has 4 fully saturated rings. The maximum absolute atomic E-state index is 12.5. The number of rotatable bonds is 7. The minimum Gasteiger partial charge on any atom is -0.479 e. The molecule has 0 atom stereocenters. The summed E-state index contributed by atoms with van der Waals surface area (Å²) >= 11 is 0. The predicted octanol–water partition coefficient (Wildman–Crippen LogP) is 4.52. The number of anilines is 4. The van der Waals surface area contributed by atoms with Gasteiger partial charge in [0.25, 0.3) is 0 Å². The van der Waals surface area contributed by atoms with Gasteiger partial charge < -0.3 is 34.2 Å². The molecule has 2 aromatic heterocycles. The summed E-state index contributed by atoms with van der Waals surface area (Å²) in [6, 6.07) is 14.6. The van der Waals surface area contributed by atoms with Crippen LogP contribution in [-0.4, -0.2) is 115 Å². The highest BCUT2D eigenvalue weighted by Gasteiger charge is 2.46. The van der Waals surface area contributed by atoms with Crippen molar-refractivity contribution < 1.29 is 19.0 Å². The Kier molecular flexibility index (Phi) is 8.94. The van der Waals surface area contributed by atoms with Gasteiger partial charge in [-0.15, -0.1) is 0 Å². The summed E-state index contributed by atoms with van der Waals surface area (Å²) < 4.78 is 16.6. The van der Waals surface area contributed by atoms with E-state index in [9.17, 15) is 10.1 Å². The predicted molar refractivity (Wildman–Crippen MR) is 186 cm³/mol. The number of amides is 1. The first-order valence-corrected chi connectivity index (χ1v) is 17.1. The Morgan fingerprint density at radius 2 is 1.71 bits per heavy atom. The van der Waals surface area contributed by atoms with Crippen molar-refractivity contribution in [1.82, 2.24) is 24.8 Å². The first-order chi connectivity index (χ1) is 23.6. The molecule has 1 aromatic carbocycles. The number of pyridine rings is 1. The fourth-order valence-electron chi connectivity index (χ4n) is 7.15. The summed E-state index contributed by atoms with van der Waals surface area (Å²) in [5.74, 6) is 1.54. The SMILES string of the molecule is COc1nc(Nc2nccc(-c3ccc(N4CC5(CCN(C(=O)OC(C)(C)C)CC5)C4)c(C#N)c3)n2)ccc1N1CCN(C2COC2)CC1. The van der Waals surface area contributed by atoms with Crippen LogP contribution in [0.15, 0.2) is 42.6 Å². The Labute approximate surface area is 287 Å². The summed E-state index contributed by atoms with van der Waals surface area (Å²) in [5, 5.41) is 13.3. The highest BCUT2D eigenvalue weighted by molar-refractivity contribution is 5.72. The van der Waals surface area contributed by atoms with Crippen molar-refractivity contribution >= 4 is 29.2 Å². The molecule has 49 heavy (non-hydrogen) atoms. The second-order valence-electron chi connectivity index (χ2n) is 14.5. The Morgan fingerprint density at radius 1 is 0.980 bits per heavy atom. The average molecular weight is 668 g/mol. The van der Waals surface area contributed by atoms with E-state index in [2.05, 4.69) is 31.1 Å². The molecule has 6 heterocycles. The molecule has 0 unspecified atom stereocenters. The Balaban J connectivity index is 0.976. The van der Waals surface area contributed by atoms with Crippen LogP contribution in [0.25, 0.3) is 11.3 Å². The molecular weight excluding hydrogens is 622 g/mol. The van der Waals surface area contributed by atoms with Gasteiger partial charge in [-0.05, 0) is 63.9 Å². The van der Waals surface area contributed by atoms with Gasteiger partial charge in [0.1, 0.15) is 23.2 Å². The van der Waals surface area contributed by atoms with Gasteiger partial charge in [-0.3, -0.25) is 4.90 Å². The van der Waals surface area contributed by atoms with Crippen LogP contribution in [0.4, 0.5) is 27.9 Å². The van der Waals surface area contributed by atoms with Gasteiger partial charge in [0.05, 0.1) is 43.3 Å². The number of hydrogen-bond acceptors (Lipinski definition) is 12. The second-order valence-corrected chi connectivity index (χ2v) is 14.5. The molecule has 7 rings (SSSR count). The number of methoxy groups -OCH3 is 1. The molecule has 0 aliphatic carbocycles. The molecule has 4 aliphatic heterocycles. The average Bonchev–Trinajstić information content (AvgIpc) is 3.06. The number of nitrogens with one attached hydrogen (secondary N) is 1. The van der Waals surface area contributed by atoms with Crippen molar-refractivity contribution in [3.05, 3.63) is 48.2 Å². The third-order valence-electron chi connectivity index (χ3n) is 10.0. The number of piperazine rings is 1. The highest BCUT2D eigenvalue weighted by Crippen LogP contribution is 2.44. The van der Waals surface area contributed by atoms with E-state index in [4.69, 9.17) is 24.2 Å². The number of carbonyl (C=O) groups excluding carboxylic acids is 1. The maximum atomic E-state index is 12.5. The summed E-state index contributed by atoms with van der Waals surface area (Å²) in [5.41, 5.74) is 3.70. The fourth-order valence-corrected chi connectivity index (χ4v) is 7.15. The van der Waals surface area contributed by atoms with E-state index in [0.29, 0.717) is 48.0 Å². The van der Waals surface area contributed by atoms with Gasteiger partial charge in [-0.2, -0.15) is 10.2 Å². The van der Waals surface area contributed by atoms with Crippen LogP contribution in [0.2, 0.25) is 0 Å². The minimum absolute atomic E-state index is 0.159. The molecule has 258 valence electrons. The topological polar surface area (TPSA) is 132 Å². The molecule has 13 heteroatoms. The number of benzene rings is 1. The molecule has 1 N–H and O–H groups in total. The normalized spacial score (nSPS) is 19.5. The van der Waals surface area contributed by atoms with Gasteiger partial charge in [0.2, 0.25) is 11.8 Å². The zero-order valence-electron chi connectivity index (χ0n) is 28.8. The third-order valence-corrected chi connectivity index (χ3v) is 10.0. The van der Waals surface area contributed by atoms with Crippen LogP contribution in [0.3, 0.4) is 0 Å². The van der Waals surface area contributed by atoms with Crippen LogP contribution in [0.5, 0.6) is 5.88 Å². The summed E-state index contributed by atoms with van der Waals surface area (Å²) in [7, 11) is 1.64. The van der Waals surface area contributed by atoms with Crippen LogP contribution < -0.4 is 19.9 Å². The van der Waals surface area contributed by atoms with Gasteiger partial charge >= 0.3 is 6.09 Å². The number of nitrogens with zero attached hydrogens (tertiary/aromatic N) is 8. The van der Waals surface area contributed by atoms with Crippen LogP contribution >= 0.6 is 0 Å². The Hall–Kier alpha value is -4.67. The van der Waals surface area contributed by atoms with Crippen molar-refractivity contribution in [2.45, 2.75) is 45.3 Å². The van der Waals surface area contributed by atoms with Gasteiger partial charge in [0, 0.05) is 69.5 Å². The number of ether oxygens (including phenoxy) is 3. The van der Waals surface area contributed by atoms with E-state index in [1.165, 1.54) is 0 Å². The van der Waals surface area contributed by atoms with Crippen LogP contribution in [-0.2, 0) is 9.47 Å². The van der Waals surface area contributed by atoms with Gasteiger partial charge in [0.15, 0.2) is 0 Å². The number of aromatic nitrogens is 3. The molecule has 4 aliphatic rings. The van der Waals surface area contributed by atoms with E-state index < -0.39 is 5.60 Å². The van der Waals surface area contributed by atoms with Crippen molar-refractivity contribution in [2.75, 3.05) is 87.8 Å². The largest absolute Gasteiger partial charge is 0.479 e. The van der Waals surface area contributed by atoms with E-state index in [1.807, 2.05) is 62.1 Å². The number of hydrogen-bond donors (Lipinski definition) is 1. The first kappa shape index (κ1) is 32.9. The number of piperidine rings is 1. The standard InChI is InChI=1S/C36H45N9O4/c1-35(2,3)49-34(46)44-13-10-36(11-14-44)23-45(24-36)29-6-5-25(19-26(29)20-37)28-9-12-38-33(39-28)41-31-8-7-30(32(40-31)47-4)43-17-15-42(16-18-43)27-21-48-22-27/h5-9,12,19,27H,10-11,13-18,21-24H2,1-4H3,(H,38,39,40,41). The Bertz CT molecular complexity index is 1710. The quantitative estimate of drug-likeness (QED) is 0.380. The molecule has 3 aromatic rings. The second kappa shape index (κ2) is 13.3. The molecular formula is C36H45N9O4. The zero-order valence-corrected chi connectivity index (χ0v) is 28.8. The maximum Gasteiger partial charge on any atom is 0.410 e. The van der Waals surface area contributed by atoms with Gasteiger partial charge in [-0.1, -0.05) is 6.07 Å². The molecule has 1 spiro atoms. The monoisotopic (exact) mass is 667 g/mol. The number of nitriles is 1. The molecule has 0 bridgehead atoms. The molecule has 0 saturated carbocycles. The smallest absolute Gasteiger partial charge is 0.410 e. The third kappa shape index (κ3) is 7.07. The first-order valence-electron chi connectivity index (χ1n) is 17.1. The van der Waals surface area contributed by atoms with E-state index >= 15 is 0 Å². The number of carbonyl (C=O) groups is 1. The lowest BCUT2D eigenvalue weighted by molar-refractivity contribution is -0.0660. The lowest BCUT2D eigenvalue weighted by atomic mass is 9.71. The summed E-state index contributed by atoms with van der Waals surface area (Å²) in [6.45, 7) is 14.2. The molecule has 1 amide bonds. The zero-order chi connectivity index (χ0) is 34.2.